The van der Waals surface area contributed by atoms with Gasteiger partial charge in [-0.05, 0) is 30.7 Å². The van der Waals surface area contributed by atoms with Crippen molar-refractivity contribution in [3.05, 3.63) is 48.0 Å². The van der Waals surface area contributed by atoms with Crippen LogP contribution in [0.5, 0.6) is 23.0 Å². The lowest BCUT2D eigenvalue weighted by Gasteiger charge is -2.16. The molecule has 0 atom stereocenters. The SMILES string of the molecule is CCCCOc1cccc(C(N)=O)c1Oc1ccccc1OC. The van der Waals surface area contributed by atoms with Crippen molar-refractivity contribution in [1.29, 1.82) is 0 Å². The van der Waals surface area contributed by atoms with Crippen molar-refractivity contribution in [2.24, 2.45) is 5.73 Å². The Balaban J connectivity index is 2.39. The second kappa shape index (κ2) is 8.08. The third-order valence-corrected chi connectivity index (χ3v) is 3.28. The van der Waals surface area contributed by atoms with Gasteiger partial charge in [0.25, 0.3) is 5.91 Å². The number of carbonyl (C=O) groups is 1. The van der Waals surface area contributed by atoms with E-state index in [4.69, 9.17) is 19.9 Å². The Morgan fingerprint density at radius 3 is 2.39 bits per heavy atom. The highest BCUT2D eigenvalue weighted by Crippen LogP contribution is 2.38. The summed E-state index contributed by atoms with van der Waals surface area (Å²) in [7, 11) is 1.56. The van der Waals surface area contributed by atoms with Crippen molar-refractivity contribution in [3.8, 4) is 23.0 Å². The fraction of sp³-hybridized carbons (Fsp3) is 0.278. The Morgan fingerprint density at radius 1 is 1.04 bits per heavy atom. The number of hydrogen-bond acceptors (Lipinski definition) is 4. The molecule has 0 bridgehead atoms. The van der Waals surface area contributed by atoms with Crippen molar-refractivity contribution < 1.29 is 19.0 Å². The van der Waals surface area contributed by atoms with E-state index in [1.807, 2.05) is 12.1 Å². The smallest absolute Gasteiger partial charge is 0.252 e. The first-order chi connectivity index (χ1) is 11.2. The van der Waals surface area contributed by atoms with E-state index in [0.717, 1.165) is 12.8 Å². The summed E-state index contributed by atoms with van der Waals surface area (Å²) in [5, 5.41) is 0. The van der Waals surface area contributed by atoms with Crippen molar-refractivity contribution in [1.82, 2.24) is 0 Å². The molecule has 0 aromatic heterocycles. The second-order valence-corrected chi connectivity index (χ2v) is 4.95. The van der Waals surface area contributed by atoms with E-state index in [1.165, 1.54) is 0 Å². The normalized spacial score (nSPS) is 10.2. The molecule has 0 aliphatic carbocycles. The molecule has 2 aromatic carbocycles. The highest BCUT2D eigenvalue weighted by atomic mass is 16.5. The summed E-state index contributed by atoms with van der Waals surface area (Å²) in [5.74, 6) is 1.27. The predicted molar refractivity (Wildman–Crippen MR) is 88.4 cm³/mol. The first kappa shape index (κ1) is 16.7. The molecule has 122 valence electrons. The van der Waals surface area contributed by atoms with Crippen LogP contribution in [0.3, 0.4) is 0 Å². The summed E-state index contributed by atoms with van der Waals surface area (Å²) in [6.07, 6.45) is 1.92. The van der Waals surface area contributed by atoms with E-state index in [0.29, 0.717) is 29.6 Å². The highest BCUT2D eigenvalue weighted by Gasteiger charge is 2.17. The van der Waals surface area contributed by atoms with Crippen LogP contribution in [-0.2, 0) is 0 Å². The number of hydrogen-bond donors (Lipinski definition) is 1. The molecule has 0 unspecified atom stereocenters. The summed E-state index contributed by atoms with van der Waals surface area (Å²) in [4.78, 5) is 11.7. The van der Waals surface area contributed by atoms with Crippen LogP contribution in [0.1, 0.15) is 30.1 Å². The molecule has 2 rings (SSSR count). The summed E-state index contributed by atoms with van der Waals surface area (Å²) < 4.78 is 16.9. The van der Waals surface area contributed by atoms with Crippen LogP contribution in [0.2, 0.25) is 0 Å². The molecular weight excluding hydrogens is 294 g/mol. The van der Waals surface area contributed by atoms with Gasteiger partial charge in [0, 0.05) is 0 Å². The van der Waals surface area contributed by atoms with Gasteiger partial charge in [-0.1, -0.05) is 31.5 Å². The van der Waals surface area contributed by atoms with Gasteiger partial charge in [-0.25, -0.2) is 0 Å². The number of rotatable bonds is 8. The van der Waals surface area contributed by atoms with Crippen LogP contribution in [0.15, 0.2) is 42.5 Å². The minimum atomic E-state index is -0.573. The Bertz CT molecular complexity index is 670. The summed E-state index contributed by atoms with van der Waals surface area (Å²) in [6, 6.07) is 12.3. The molecule has 2 N–H and O–H groups in total. The number of nitrogens with two attached hydrogens (primary N) is 1. The van der Waals surface area contributed by atoms with Gasteiger partial charge in [0.15, 0.2) is 23.0 Å². The second-order valence-electron chi connectivity index (χ2n) is 4.95. The maximum absolute atomic E-state index is 11.7. The number of amides is 1. The molecule has 0 spiro atoms. The minimum absolute atomic E-state index is 0.268. The first-order valence-corrected chi connectivity index (χ1v) is 7.53. The lowest BCUT2D eigenvalue weighted by atomic mass is 10.1. The van der Waals surface area contributed by atoms with E-state index in [1.54, 1.807) is 37.4 Å². The molecule has 0 aliphatic heterocycles. The summed E-state index contributed by atoms with van der Waals surface area (Å²) >= 11 is 0. The van der Waals surface area contributed by atoms with Gasteiger partial charge < -0.3 is 19.9 Å². The Hall–Kier alpha value is -2.69. The molecule has 0 aliphatic rings. The molecule has 0 heterocycles. The number of unbranched alkanes of at least 4 members (excludes halogenated alkanes) is 1. The van der Waals surface area contributed by atoms with Gasteiger partial charge in [0.2, 0.25) is 0 Å². The van der Waals surface area contributed by atoms with Gasteiger partial charge >= 0.3 is 0 Å². The first-order valence-electron chi connectivity index (χ1n) is 7.53. The predicted octanol–water partition coefficient (Wildman–Crippen LogP) is 3.77. The standard InChI is InChI=1S/C18H21NO4/c1-3-4-12-22-16-11-7-8-13(18(19)20)17(16)23-15-10-6-5-9-14(15)21-2/h5-11H,3-4,12H2,1-2H3,(H2,19,20). The van der Waals surface area contributed by atoms with Gasteiger partial charge in [-0.3, -0.25) is 4.79 Å². The molecule has 23 heavy (non-hydrogen) atoms. The van der Waals surface area contributed by atoms with Crippen LogP contribution in [0.25, 0.3) is 0 Å². The van der Waals surface area contributed by atoms with Gasteiger partial charge in [0.05, 0.1) is 19.3 Å². The Morgan fingerprint density at radius 2 is 1.74 bits per heavy atom. The van der Waals surface area contributed by atoms with Crippen LogP contribution in [0.4, 0.5) is 0 Å². The van der Waals surface area contributed by atoms with Crippen LogP contribution in [0, 0.1) is 0 Å². The zero-order valence-corrected chi connectivity index (χ0v) is 13.4. The largest absolute Gasteiger partial charge is 0.493 e. The summed E-state index contributed by atoms with van der Waals surface area (Å²) in [5.41, 5.74) is 5.73. The number of methoxy groups -OCH3 is 1. The maximum atomic E-state index is 11.7. The molecule has 5 nitrogen and oxygen atoms in total. The third kappa shape index (κ3) is 4.16. The number of carbonyl (C=O) groups excluding carboxylic acids is 1. The number of para-hydroxylation sites is 3. The third-order valence-electron chi connectivity index (χ3n) is 3.28. The lowest BCUT2D eigenvalue weighted by molar-refractivity contribution is 0.0997. The fourth-order valence-electron chi connectivity index (χ4n) is 2.07. The van der Waals surface area contributed by atoms with Crippen molar-refractivity contribution >= 4 is 5.91 Å². The van der Waals surface area contributed by atoms with E-state index >= 15 is 0 Å². The maximum Gasteiger partial charge on any atom is 0.252 e. The van der Waals surface area contributed by atoms with Gasteiger partial charge in [-0.15, -0.1) is 0 Å². The zero-order valence-electron chi connectivity index (χ0n) is 13.4. The summed E-state index contributed by atoms with van der Waals surface area (Å²) in [6.45, 7) is 2.62. The average molecular weight is 315 g/mol. The van der Waals surface area contributed by atoms with E-state index in [9.17, 15) is 4.79 Å². The molecule has 0 saturated carbocycles. The lowest BCUT2D eigenvalue weighted by Crippen LogP contribution is -2.13. The minimum Gasteiger partial charge on any atom is -0.493 e. The molecule has 0 radical (unpaired) electrons. The zero-order chi connectivity index (χ0) is 16.7. The highest BCUT2D eigenvalue weighted by molar-refractivity contribution is 5.96. The Kier molecular flexibility index (Phi) is 5.86. The molecule has 1 amide bonds. The number of benzene rings is 2. The van der Waals surface area contributed by atoms with Crippen molar-refractivity contribution in [2.75, 3.05) is 13.7 Å². The fourth-order valence-corrected chi connectivity index (χ4v) is 2.07. The van der Waals surface area contributed by atoms with Gasteiger partial charge in [-0.2, -0.15) is 0 Å². The van der Waals surface area contributed by atoms with Crippen molar-refractivity contribution in [3.63, 3.8) is 0 Å². The number of primary amides is 1. The topological polar surface area (TPSA) is 70.8 Å². The molecular formula is C18H21NO4. The average Bonchev–Trinajstić information content (AvgIpc) is 2.56. The van der Waals surface area contributed by atoms with Crippen LogP contribution < -0.4 is 19.9 Å². The van der Waals surface area contributed by atoms with E-state index in [-0.39, 0.29) is 5.56 Å². The van der Waals surface area contributed by atoms with E-state index < -0.39 is 5.91 Å². The monoisotopic (exact) mass is 315 g/mol. The molecule has 0 saturated heterocycles. The molecule has 2 aromatic rings. The van der Waals surface area contributed by atoms with Crippen LogP contribution >= 0.6 is 0 Å². The van der Waals surface area contributed by atoms with Gasteiger partial charge in [0.1, 0.15) is 0 Å². The van der Waals surface area contributed by atoms with Crippen LogP contribution in [-0.4, -0.2) is 19.6 Å². The molecule has 0 fully saturated rings. The van der Waals surface area contributed by atoms with E-state index in [2.05, 4.69) is 6.92 Å². The van der Waals surface area contributed by atoms with Crippen molar-refractivity contribution in [2.45, 2.75) is 19.8 Å². The number of ether oxygens (including phenoxy) is 3. The quantitative estimate of drug-likeness (QED) is 0.753. The Labute approximate surface area is 136 Å². The molecule has 5 heteroatoms.